The third-order valence-corrected chi connectivity index (χ3v) is 3.53. The van der Waals surface area contributed by atoms with Crippen LogP contribution in [0, 0.1) is 0 Å². The number of hydrogen-bond donors (Lipinski definition) is 2. The summed E-state index contributed by atoms with van der Waals surface area (Å²) in [6, 6.07) is 16.5. The van der Waals surface area contributed by atoms with Crippen LogP contribution in [0.1, 0.15) is 11.1 Å². The monoisotopic (exact) mass is 306 g/mol. The van der Waals surface area contributed by atoms with Crippen molar-refractivity contribution >= 4 is 5.96 Å². The van der Waals surface area contributed by atoms with Gasteiger partial charge in [0, 0.05) is 0 Å². The second-order valence-electron chi connectivity index (χ2n) is 5.19. The fraction of sp³-hybridized carbons (Fsp3) is 0.118. The van der Waals surface area contributed by atoms with Gasteiger partial charge in [0.2, 0.25) is 0 Å². The van der Waals surface area contributed by atoms with Gasteiger partial charge in [0.05, 0.1) is 13.1 Å². The lowest BCUT2D eigenvalue weighted by atomic mass is 9.98. The Morgan fingerprint density at radius 1 is 1.04 bits per heavy atom. The van der Waals surface area contributed by atoms with Gasteiger partial charge in [0.15, 0.2) is 5.96 Å². The number of aromatic nitrogens is 3. The third-order valence-electron chi connectivity index (χ3n) is 3.53. The number of benzene rings is 2. The summed E-state index contributed by atoms with van der Waals surface area (Å²) in [6.07, 6.45) is 3.24. The number of hydrogen-bond acceptors (Lipinski definition) is 3. The number of nitrogens with two attached hydrogens (primary N) is 2. The molecule has 0 saturated heterocycles. The zero-order chi connectivity index (χ0) is 16.1. The molecule has 0 aliphatic heterocycles. The molecule has 6 heteroatoms. The topological polar surface area (TPSA) is 95.1 Å². The summed E-state index contributed by atoms with van der Waals surface area (Å²) in [7, 11) is 0. The van der Waals surface area contributed by atoms with E-state index in [-0.39, 0.29) is 5.96 Å². The molecular formula is C17H18N6. The van der Waals surface area contributed by atoms with Crippen LogP contribution in [0.3, 0.4) is 0 Å². The lowest BCUT2D eigenvalue weighted by Gasteiger charge is -2.09. The van der Waals surface area contributed by atoms with Crippen molar-refractivity contribution in [3.05, 3.63) is 72.3 Å². The molecule has 0 spiro atoms. The lowest BCUT2D eigenvalue weighted by Crippen LogP contribution is -2.22. The number of rotatable bonds is 5. The Labute approximate surface area is 134 Å². The largest absolute Gasteiger partial charge is 0.370 e. The Kier molecular flexibility index (Phi) is 4.33. The maximum Gasteiger partial charge on any atom is 0.186 e. The minimum atomic E-state index is 0.1000. The van der Waals surface area contributed by atoms with E-state index in [2.05, 4.69) is 45.4 Å². The van der Waals surface area contributed by atoms with Gasteiger partial charge in [-0.05, 0) is 22.3 Å². The van der Waals surface area contributed by atoms with Gasteiger partial charge in [0.1, 0.15) is 12.7 Å². The van der Waals surface area contributed by atoms with E-state index in [1.807, 2.05) is 18.2 Å². The van der Waals surface area contributed by atoms with E-state index >= 15 is 0 Å². The molecule has 0 bridgehead atoms. The Balaban J connectivity index is 1.83. The van der Waals surface area contributed by atoms with E-state index in [9.17, 15) is 0 Å². The van der Waals surface area contributed by atoms with Gasteiger partial charge in [-0.15, -0.1) is 0 Å². The highest BCUT2D eigenvalue weighted by Crippen LogP contribution is 2.24. The lowest BCUT2D eigenvalue weighted by molar-refractivity contribution is 0.685. The van der Waals surface area contributed by atoms with Crippen molar-refractivity contribution in [3.8, 4) is 11.1 Å². The molecule has 0 fully saturated rings. The third kappa shape index (κ3) is 3.74. The quantitative estimate of drug-likeness (QED) is 0.554. The van der Waals surface area contributed by atoms with Crippen molar-refractivity contribution in [3.63, 3.8) is 0 Å². The van der Waals surface area contributed by atoms with E-state index in [0.29, 0.717) is 13.1 Å². The first kappa shape index (κ1) is 14.8. The fourth-order valence-corrected chi connectivity index (χ4v) is 2.41. The normalized spacial score (nSPS) is 10.4. The molecule has 116 valence electrons. The van der Waals surface area contributed by atoms with E-state index in [0.717, 1.165) is 16.7 Å². The van der Waals surface area contributed by atoms with Crippen molar-refractivity contribution in [2.24, 2.45) is 16.5 Å². The van der Waals surface area contributed by atoms with Crippen LogP contribution >= 0.6 is 0 Å². The molecule has 0 aliphatic rings. The summed E-state index contributed by atoms with van der Waals surface area (Å²) in [6.45, 7) is 1.18. The molecule has 23 heavy (non-hydrogen) atoms. The molecule has 3 rings (SSSR count). The van der Waals surface area contributed by atoms with Crippen molar-refractivity contribution in [2.75, 3.05) is 0 Å². The summed E-state index contributed by atoms with van der Waals surface area (Å²) in [4.78, 5) is 8.05. The van der Waals surface area contributed by atoms with Crippen LogP contribution in [-0.2, 0) is 13.1 Å². The van der Waals surface area contributed by atoms with Crippen LogP contribution in [0.4, 0.5) is 0 Å². The van der Waals surface area contributed by atoms with Crippen molar-refractivity contribution in [2.45, 2.75) is 13.1 Å². The minimum absolute atomic E-state index is 0.1000. The van der Waals surface area contributed by atoms with Crippen molar-refractivity contribution in [1.82, 2.24) is 14.8 Å². The second-order valence-corrected chi connectivity index (χ2v) is 5.19. The van der Waals surface area contributed by atoms with Crippen LogP contribution in [0.2, 0.25) is 0 Å². The molecule has 2 aromatic carbocycles. The standard InChI is InChI=1S/C17H18N6/c18-17(19)21-9-15-3-1-2-4-16(15)14-7-5-13(6-8-14)10-23-12-20-11-22-23/h1-8,11-12H,9-10H2,(H4,18,19,21). The molecule has 0 unspecified atom stereocenters. The Bertz CT molecular complexity index is 786. The van der Waals surface area contributed by atoms with Crippen LogP contribution in [0.15, 0.2) is 66.2 Å². The van der Waals surface area contributed by atoms with Gasteiger partial charge >= 0.3 is 0 Å². The summed E-state index contributed by atoms with van der Waals surface area (Å²) in [5, 5.41) is 4.11. The van der Waals surface area contributed by atoms with E-state index in [1.165, 1.54) is 11.9 Å². The van der Waals surface area contributed by atoms with Crippen molar-refractivity contribution in [1.29, 1.82) is 0 Å². The second kappa shape index (κ2) is 6.74. The Morgan fingerprint density at radius 2 is 1.83 bits per heavy atom. The smallest absolute Gasteiger partial charge is 0.186 e. The van der Waals surface area contributed by atoms with Gasteiger partial charge in [-0.3, -0.25) is 0 Å². The first-order valence-electron chi connectivity index (χ1n) is 7.27. The predicted molar refractivity (Wildman–Crippen MR) is 90.5 cm³/mol. The maximum atomic E-state index is 5.43. The Morgan fingerprint density at radius 3 is 2.52 bits per heavy atom. The van der Waals surface area contributed by atoms with Gasteiger partial charge < -0.3 is 11.5 Å². The zero-order valence-corrected chi connectivity index (χ0v) is 12.6. The first-order chi connectivity index (χ1) is 11.2. The molecule has 1 aromatic heterocycles. The molecule has 0 amide bonds. The van der Waals surface area contributed by atoms with Crippen molar-refractivity contribution < 1.29 is 0 Å². The van der Waals surface area contributed by atoms with E-state index in [4.69, 9.17) is 11.5 Å². The Hall–Kier alpha value is -3.15. The summed E-state index contributed by atoms with van der Waals surface area (Å²) >= 11 is 0. The highest BCUT2D eigenvalue weighted by atomic mass is 15.3. The average molecular weight is 306 g/mol. The minimum Gasteiger partial charge on any atom is -0.370 e. The van der Waals surface area contributed by atoms with E-state index < -0.39 is 0 Å². The van der Waals surface area contributed by atoms with E-state index in [1.54, 1.807) is 11.0 Å². The maximum absolute atomic E-state index is 5.43. The summed E-state index contributed by atoms with van der Waals surface area (Å²) < 4.78 is 1.79. The molecule has 0 radical (unpaired) electrons. The van der Waals surface area contributed by atoms with Gasteiger partial charge in [-0.25, -0.2) is 14.7 Å². The van der Waals surface area contributed by atoms with Gasteiger partial charge in [0.25, 0.3) is 0 Å². The SMILES string of the molecule is NC(N)=NCc1ccccc1-c1ccc(Cn2cncn2)cc1. The summed E-state index contributed by atoms with van der Waals surface area (Å²) in [5.41, 5.74) is 15.4. The molecule has 0 aliphatic carbocycles. The molecule has 1 heterocycles. The van der Waals surface area contributed by atoms with Crippen LogP contribution in [0.5, 0.6) is 0 Å². The molecular weight excluding hydrogens is 288 g/mol. The fourth-order valence-electron chi connectivity index (χ4n) is 2.41. The summed E-state index contributed by atoms with van der Waals surface area (Å²) in [5.74, 6) is 0.1000. The van der Waals surface area contributed by atoms with Crippen LogP contribution in [-0.4, -0.2) is 20.7 Å². The van der Waals surface area contributed by atoms with Crippen LogP contribution in [0.25, 0.3) is 11.1 Å². The molecule has 3 aromatic rings. The zero-order valence-electron chi connectivity index (χ0n) is 12.6. The van der Waals surface area contributed by atoms with Gasteiger partial charge in [-0.1, -0.05) is 48.5 Å². The molecule has 6 nitrogen and oxygen atoms in total. The number of guanidine groups is 1. The molecule has 0 saturated carbocycles. The predicted octanol–water partition coefficient (Wildman–Crippen LogP) is 1.77. The molecule has 4 N–H and O–H groups in total. The number of aliphatic imine (C=N–C) groups is 1. The molecule has 0 atom stereocenters. The first-order valence-corrected chi connectivity index (χ1v) is 7.27. The highest BCUT2D eigenvalue weighted by molar-refractivity contribution is 5.76. The highest BCUT2D eigenvalue weighted by Gasteiger charge is 2.05. The van der Waals surface area contributed by atoms with Crippen LogP contribution < -0.4 is 11.5 Å². The van der Waals surface area contributed by atoms with Gasteiger partial charge in [-0.2, -0.15) is 5.10 Å². The number of nitrogens with zero attached hydrogens (tertiary/aromatic N) is 4. The average Bonchev–Trinajstić information content (AvgIpc) is 3.07.